The Kier molecular flexibility index (Phi) is 4.73. The molecule has 0 aliphatic rings. The van der Waals surface area contributed by atoms with Crippen LogP contribution in [0.1, 0.15) is 39.6 Å². The van der Waals surface area contributed by atoms with Crippen LogP contribution in [0.15, 0.2) is 60.8 Å². The van der Waals surface area contributed by atoms with E-state index in [1.807, 2.05) is 61.0 Å². The van der Waals surface area contributed by atoms with Gasteiger partial charge in [-0.05, 0) is 37.6 Å². The van der Waals surface area contributed by atoms with Gasteiger partial charge in [-0.2, -0.15) is 5.10 Å². The molecular weight excluding hydrogens is 356 g/mol. The van der Waals surface area contributed by atoms with E-state index in [4.69, 9.17) is 0 Å². The molecule has 0 saturated carbocycles. The lowest BCUT2D eigenvalue weighted by molar-refractivity contribution is 0.0943. The number of hydrogen-bond donors (Lipinski definition) is 1. The summed E-state index contributed by atoms with van der Waals surface area (Å²) in [7, 11) is 0. The van der Waals surface area contributed by atoms with Crippen LogP contribution < -0.4 is 5.32 Å². The second-order valence-electron chi connectivity index (χ2n) is 6.51. The molecule has 4 rings (SSSR count). The van der Waals surface area contributed by atoms with Crippen molar-refractivity contribution < 1.29 is 4.79 Å². The minimum atomic E-state index is -0.147. The van der Waals surface area contributed by atoms with Crippen LogP contribution in [0.2, 0.25) is 0 Å². The van der Waals surface area contributed by atoms with E-state index in [0.717, 1.165) is 21.6 Å². The molecule has 6 heteroatoms. The first-order valence-corrected chi connectivity index (χ1v) is 9.66. The number of benzene rings is 1. The number of hydrogen-bond acceptors (Lipinski definition) is 4. The molecule has 0 aliphatic heterocycles. The molecule has 4 aromatic rings. The molecule has 136 valence electrons. The molecule has 3 heterocycles. The first-order chi connectivity index (χ1) is 13.1. The van der Waals surface area contributed by atoms with E-state index in [0.29, 0.717) is 11.4 Å². The third-order valence-electron chi connectivity index (χ3n) is 4.49. The predicted molar refractivity (Wildman–Crippen MR) is 108 cm³/mol. The highest BCUT2D eigenvalue weighted by Crippen LogP contribution is 2.29. The minimum absolute atomic E-state index is 0.0833. The third kappa shape index (κ3) is 3.61. The van der Waals surface area contributed by atoms with Gasteiger partial charge in [0.1, 0.15) is 4.83 Å². The van der Waals surface area contributed by atoms with Gasteiger partial charge >= 0.3 is 0 Å². The number of rotatable bonds is 5. The summed E-state index contributed by atoms with van der Waals surface area (Å²) in [6.45, 7) is 4.61. The van der Waals surface area contributed by atoms with Crippen molar-refractivity contribution in [2.45, 2.75) is 26.4 Å². The molecule has 0 spiro atoms. The van der Waals surface area contributed by atoms with E-state index in [1.54, 1.807) is 6.20 Å². The number of carbonyl (C=O) groups is 1. The highest BCUT2D eigenvalue weighted by Gasteiger charge is 2.18. The number of pyridine rings is 1. The van der Waals surface area contributed by atoms with Crippen LogP contribution in [0.25, 0.3) is 10.2 Å². The second kappa shape index (κ2) is 7.32. The minimum Gasteiger partial charge on any atom is -0.343 e. The van der Waals surface area contributed by atoms with Crippen LogP contribution in [-0.2, 0) is 6.54 Å². The lowest BCUT2D eigenvalue weighted by Gasteiger charge is -2.12. The number of carbonyl (C=O) groups excluding carboxylic acids is 1. The molecule has 1 aromatic carbocycles. The highest BCUT2D eigenvalue weighted by atomic mass is 32.1. The standard InChI is InChI=1S/C21H20N4OS/c1-14-17-12-19(20(26)23-15(2)18-10-6-7-11-22-18)27-21(17)25(24-14)13-16-8-4-3-5-9-16/h3-12,15H,13H2,1-2H3,(H,23,26). The van der Waals surface area contributed by atoms with E-state index in [1.165, 1.54) is 16.9 Å². The maximum atomic E-state index is 12.7. The Morgan fingerprint density at radius 2 is 1.96 bits per heavy atom. The Morgan fingerprint density at radius 3 is 2.70 bits per heavy atom. The maximum Gasteiger partial charge on any atom is 0.261 e. The Labute approximate surface area is 161 Å². The first-order valence-electron chi connectivity index (χ1n) is 8.84. The van der Waals surface area contributed by atoms with Gasteiger partial charge in [0, 0.05) is 11.6 Å². The van der Waals surface area contributed by atoms with E-state index >= 15 is 0 Å². The monoisotopic (exact) mass is 376 g/mol. The van der Waals surface area contributed by atoms with E-state index in [9.17, 15) is 4.79 Å². The topological polar surface area (TPSA) is 59.8 Å². The molecular formula is C21H20N4OS. The smallest absolute Gasteiger partial charge is 0.261 e. The largest absolute Gasteiger partial charge is 0.343 e. The SMILES string of the molecule is Cc1nn(Cc2ccccc2)c2sc(C(=O)NC(C)c3ccccn3)cc12. The summed E-state index contributed by atoms with van der Waals surface area (Å²) in [5.74, 6) is -0.0833. The maximum absolute atomic E-state index is 12.7. The first kappa shape index (κ1) is 17.4. The van der Waals surface area contributed by atoms with Crippen LogP contribution in [-0.4, -0.2) is 20.7 Å². The van der Waals surface area contributed by atoms with Crippen LogP contribution in [0.3, 0.4) is 0 Å². The molecule has 5 nitrogen and oxygen atoms in total. The summed E-state index contributed by atoms with van der Waals surface area (Å²) < 4.78 is 1.98. The fraction of sp³-hybridized carbons (Fsp3) is 0.190. The summed E-state index contributed by atoms with van der Waals surface area (Å²) in [5.41, 5.74) is 2.97. The van der Waals surface area contributed by atoms with Gasteiger partial charge in [-0.3, -0.25) is 14.5 Å². The van der Waals surface area contributed by atoms with Crippen molar-refractivity contribution >= 4 is 27.5 Å². The number of amides is 1. The average Bonchev–Trinajstić information content (AvgIpc) is 3.25. The molecule has 0 fully saturated rings. The molecule has 1 N–H and O–H groups in total. The van der Waals surface area contributed by atoms with Crippen LogP contribution in [0, 0.1) is 6.92 Å². The molecule has 0 radical (unpaired) electrons. The van der Waals surface area contributed by atoms with Crippen molar-refractivity contribution in [2.24, 2.45) is 0 Å². The van der Waals surface area contributed by atoms with Crippen molar-refractivity contribution in [3.05, 3.63) is 82.6 Å². The van der Waals surface area contributed by atoms with Crippen molar-refractivity contribution in [3.63, 3.8) is 0 Å². The van der Waals surface area contributed by atoms with Crippen molar-refractivity contribution in [1.82, 2.24) is 20.1 Å². The molecule has 1 amide bonds. The van der Waals surface area contributed by atoms with Gasteiger partial charge in [0.05, 0.1) is 28.9 Å². The van der Waals surface area contributed by atoms with Gasteiger partial charge in [0.25, 0.3) is 5.91 Å². The summed E-state index contributed by atoms with van der Waals surface area (Å²) in [5, 5.41) is 8.70. The molecule has 0 aliphatic carbocycles. The normalized spacial score (nSPS) is 12.2. The zero-order chi connectivity index (χ0) is 18.8. The lowest BCUT2D eigenvalue weighted by atomic mass is 10.2. The zero-order valence-corrected chi connectivity index (χ0v) is 16.0. The number of nitrogens with zero attached hydrogens (tertiary/aromatic N) is 3. The molecule has 0 bridgehead atoms. The number of aromatic nitrogens is 3. The van der Waals surface area contributed by atoms with Gasteiger partial charge in [0.15, 0.2) is 0 Å². The molecule has 27 heavy (non-hydrogen) atoms. The highest BCUT2D eigenvalue weighted by molar-refractivity contribution is 7.20. The number of nitrogens with one attached hydrogen (secondary N) is 1. The fourth-order valence-corrected chi connectivity index (χ4v) is 4.13. The number of aryl methyl sites for hydroxylation is 1. The summed E-state index contributed by atoms with van der Waals surface area (Å²) in [6, 6.07) is 17.7. The Morgan fingerprint density at radius 1 is 1.19 bits per heavy atom. The Bertz CT molecular complexity index is 1070. The van der Waals surface area contributed by atoms with Crippen LogP contribution >= 0.6 is 11.3 Å². The van der Waals surface area contributed by atoms with Crippen molar-refractivity contribution in [1.29, 1.82) is 0 Å². The van der Waals surface area contributed by atoms with Crippen molar-refractivity contribution in [2.75, 3.05) is 0 Å². The summed E-state index contributed by atoms with van der Waals surface area (Å²) >= 11 is 1.48. The van der Waals surface area contributed by atoms with Gasteiger partial charge in [-0.25, -0.2) is 0 Å². The number of fused-ring (bicyclic) bond motifs is 1. The van der Waals surface area contributed by atoms with Gasteiger partial charge in [0.2, 0.25) is 0 Å². The molecule has 0 saturated heterocycles. The second-order valence-corrected chi connectivity index (χ2v) is 7.54. The fourth-order valence-electron chi connectivity index (χ4n) is 3.06. The average molecular weight is 376 g/mol. The summed E-state index contributed by atoms with van der Waals surface area (Å²) in [6.07, 6.45) is 1.74. The predicted octanol–water partition coefficient (Wildman–Crippen LogP) is 4.34. The van der Waals surface area contributed by atoms with E-state index < -0.39 is 0 Å². The third-order valence-corrected chi connectivity index (χ3v) is 5.63. The molecule has 1 unspecified atom stereocenters. The van der Waals surface area contributed by atoms with Crippen molar-refractivity contribution in [3.8, 4) is 0 Å². The Hall–Kier alpha value is -2.99. The van der Waals surface area contributed by atoms with Gasteiger partial charge in [-0.1, -0.05) is 36.4 Å². The Balaban J connectivity index is 1.58. The van der Waals surface area contributed by atoms with E-state index in [2.05, 4.69) is 27.5 Å². The van der Waals surface area contributed by atoms with E-state index in [-0.39, 0.29) is 11.9 Å². The molecule has 1 atom stereocenters. The quantitative estimate of drug-likeness (QED) is 0.564. The van der Waals surface area contributed by atoms with Crippen LogP contribution in [0.5, 0.6) is 0 Å². The van der Waals surface area contributed by atoms with Gasteiger partial charge in [-0.15, -0.1) is 11.3 Å². The summed E-state index contributed by atoms with van der Waals surface area (Å²) in [4.78, 5) is 18.7. The lowest BCUT2D eigenvalue weighted by Crippen LogP contribution is -2.26. The van der Waals surface area contributed by atoms with Gasteiger partial charge < -0.3 is 5.32 Å². The number of thiophene rings is 1. The zero-order valence-electron chi connectivity index (χ0n) is 15.2. The van der Waals surface area contributed by atoms with Crippen LogP contribution in [0.4, 0.5) is 0 Å². The molecule has 3 aromatic heterocycles.